The summed E-state index contributed by atoms with van der Waals surface area (Å²) in [6.45, 7) is 4.73. The molecule has 3 heteroatoms. The van der Waals surface area contributed by atoms with Crippen molar-refractivity contribution in [1.82, 2.24) is 4.57 Å². The highest BCUT2D eigenvalue weighted by atomic mass is 15.0. The lowest BCUT2D eigenvalue weighted by atomic mass is 9.30. The number of hydrogen-bond donors (Lipinski definition) is 0. The second kappa shape index (κ2) is 5.48. The summed E-state index contributed by atoms with van der Waals surface area (Å²) >= 11 is 0. The third-order valence-corrected chi connectivity index (χ3v) is 7.52. The number of fused-ring (bicyclic) bond motifs is 7. The van der Waals surface area contributed by atoms with E-state index in [9.17, 15) is 5.26 Å². The van der Waals surface area contributed by atoms with Crippen LogP contribution in [0, 0.1) is 11.3 Å². The maximum absolute atomic E-state index is 10.1. The van der Waals surface area contributed by atoms with Crippen LogP contribution in [0.1, 0.15) is 30.5 Å². The summed E-state index contributed by atoms with van der Waals surface area (Å²) in [7, 11) is 0. The minimum atomic E-state index is -0.0976. The van der Waals surface area contributed by atoms with Crippen LogP contribution >= 0.6 is 0 Å². The summed E-state index contributed by atoms with van der Waals surface area (Å²) in [5.74, 6) is 0. The lowest BCUT2D eigenvalue weighted by molar-refractivity contribution is 0.645. The van der Waals surface area contributed by atoms with Gasteiger partial charge in [0.15, 0.2) is 0 Å². The predicted molar refractivity (Wildman–Crippen MR) is 129 cm³/mol. The number of nitriles is 1. The van der Waals surface area contributed by atoms with E-state index >= 15 is 0 Å². The van der Waals surface area contributed by atoms with Crippen LogP contribution in [0.5, 0.6) is 0 Å². The summed E-state index contributed by atoms with van der Waals surface area (Å²) in [5.41, 5.74) is 10.9. The van der Waals surface area contributed by atoms with Gasteiger partial charge in [0, 0.05) is 27.4 Å². The fourth-order valence-corrected chi connectivity index (χ4v) is 6.24. The van der Waals surface area contributed by atoms with Crippen LogP contribution in [0.25, 0.3) is 27.5 Å². The van der Waals surface area contributed by atoms with E-state index in [1.54, 1.807) is 0 Å². The number of aromatic nitrogens is 1. The number of nitrogens with zero attached hydrogens (tertiary/aromatic N) is 2. The first kappa shape index (κ1) is 17.0. The maximum atomic E-state index is 10.1. The SMILES string of the molecule is CC1(C)c2ccccc2B2c3c(cccc31)-n1c3ccccc3c3ccc(C#N)c2c31. The van der Waals surface area contributed by atoms with E-state index in [1.165, 1.54) is 49.5 Å². The molecule has 0 amide bonds. The van der Waals surface area contributed by atoms with Crippen LogP contribution in [0.4, 0.5) is 0 Å². The number of rotatable bonds is 0. The summed E-state index contributed by atoms with van der Waals surface area (Å²) in [4.78, 5) is 0. The molecule has 0 spiro atoms. The normalized spacial score (nSPS) is 14.9. The van der Waals surface area contributed by atoms with E-state index in [1.807, 2.05) is 6.07 Å². The molecule has 2 nitrogen and oxygen atoms in total. The first-order chi connectivity index (χ1) is 15.1. The molecule has 1 aromatic heterocycles. The quantitative estimate of drug-likeness (QED) is 0.356. The van der Waals surface area contributed by atoms with Crippen molar-refractivity contribution in [2.45, 2.75) is 19.3 Å². The highest BCUT2D eigenvalue weighted by Crippen LogP contribution is 2.39. The van der Waals surface area contributed by atoms with Crippen LogP contribution in [0.3, 0.4) is 0 Å². The van der Waals surface area contributed by atoms with Gasteiger partial charge in [-0.1, -0.05) is 80.0 Å². The zero-order valence-corrected chi connectivity index (χ0v) is 17.5. The molecule has 31 heavy (non-hydrogen) atoms. The van der Waals surface area contributed by atoms with Gasteiger partial charge in [-0.2, -0.15) is 5.26 Å². The Bertz CT molecular complexity index is 1630. The zero-order valence-electron chi connectivity index (χ0n) is 17.5. The Labute approximate surface area is 181 Å². The lowest BCUT2D eigenvalue weighted by Crippen LogP contribution is -2.63. The fourth-order valence-electron chi connectivity index (χ4n) is 6.24. The number of hydrogen-bond acceptors (Lipinski definition) is 1. The number of para-hydroxylation sites is 1. The highest BCUT2D eigenvalue weighted by molar-refractivity contribution is 6.99. The Morgan fingerprint density at radius 2 is 1.55 bits per heavy atom. The topological polar surface area (TPSA) is 28.7 Å². The van der Waals surface area contributed by atoms with Crippen molar-refractivity contribution in [3.63, 3.8) is 0 Å². The lowest BCUT2D eigenvalue weighted by Gasteiger charge is -2.42. The van der Waals surface area contributed by atoms with E-state index in [4.69, 9.17) is 0 Å². The number of benzene rings is 4. The fraction of sp³-hybridized carbons (Fsp3) is 0.107. The minimum absolute atomic E-state index is 0.0746. The van der Waals surface area contributed by atoms with Crippen molar-refractivity contribution in [3.8, 4) is 11.8 Å². The molecular formula is C28H19BN2. The van der Waals surface area contributed by atoms with Gasteiger partial charge in [0.25, 0.3) is 0 Å². The first-order valence-corrected chi connectivity index (χ1v) is 10.8. The van der Waals surface area contributed by atoms with Gasteiger partial charge in [-0.05, 0) is 40.3 Å². The van der Waals surface area contributed by atoms with Crippen LogP contribution in [0.2, 0.25) is 0 Å². The first-order valence-electron chi connectivity index (χ1n) is 10.8. The van der Waals surface area contributed by atoms with E-state index in [-0.39, 0.29) is 12.1 Å². The molecule has 0 radical (unpaired) electrons. The third-order valence-electron chi connectivity index (χ3n) is 7.52. The summed E-state index contributed by atoms with van der Waals surface area (Å²) in [6, 6.07) is 30.8. The molecule has 0 saturated carbocycles. The Morgan fingerprint density at radius 3 is 2.42 bits per heavy atom. The van der Waals surface area contributed by atoms with Crippen LogP contribution in [0.15, 0.2) is 78.9 Å². The van der Waals surface area contributed by atoms with E-state index in [0.29, 0.717) is 0 Å². The Morgan fingerprint density at radius 1 is 0.774 bits per heavy atom. The molecule has 0 bridgehead atoms. The predicted octanol–water partition coefficient (Wildman–Crippen LogP) is 4.12. The second-order valence-corrected chi connectivity index (χ2v) is 9.27. The smallest absolute Gasteiger partial charge is 0.249 e. The molecule has 2 aliphatic heterocycles. The highest BCUT2D eigenvalue weighted by Gasteiger charge is 2.45. The summed E-state index contributed by atoms with van der Waals surface area (Å²) in [5, 5.41) is 12.6. The van der Waals surface area contributed by atoms with Crippen molar-refractivity contribution in [2.75, 3.05) is 0 Å². The van der Waals surface area contributed by atoms with Gasteiger partial charge in [-0.25, -0.2) is 0 Å². The Hall–Kier alpha value is -3.77. The molecule has 5 aromatic rings. The summed E-state index contributed by atoms with van der Waals surface area (Å²) in [6.07, 6.45) is 0. The average molecular weight is 394 g/mol. The van der Waals surface area contributed by atoms with Crippen LogP contribution in [-0.2, 0) is 5.41 Å². The maximum Gasteiger partial charge on any atom is 0.249 e. The average Bonchev–Trinajstić information content (AvgIpc) is 3.14. The van der Waals surface area contributed by atoms with Gasteiger partial charge in [0.05, 0.1) is 17.1 Å². The van der Waals surface area contributed by atoms with Crippen molar-refractivity contribution in [2.24, 2.45) is 0 Å². The minimum Gasteiger partial charge on any atom is -0.310 e. The van der Waals surface area contributed by atoms with E-state index < -0.39 is 0 Å². The third kappa shape index (κ3) is 1.85. The zero-order chi connectivity index (χ0) is 20.9. The van der Waals surface area contributed by atoms with Crippen LogP contribution in [-0.4, -0.2) is 11.3 Å². The molecule has 0 aliphatic carbocycles. The molecule has 0 fully saturated rings. The summed E-state index contributed by atoms with van der Waals surface area (Å²) < 4.78 is 2.40. The largest absolute Gasteiger partial charge is 0.310 e. The van der Waals surface area contributed by atoms with Gasteiger partial charge in [0.1, 0.15) is 0 Å². The van der Waals surface area contributed by atoms with E-state index in [2.05, 4.69) is 97.3 Å². The molecule has 0 N–H and O–H groups in total. The molecule has 0 unspecified atom stereocenters. The van der Waals surface area contributed by atoms with Crippen LogP contribution < -0.4 is 16.4 Å². The van der Waals surface area contributed by atoms with Crippen molar-refractivity contribution in [1.29, 1.82) is 5.26 Å². The van der Waals surface area contributed by atoms with Gasteiger partial charge in [-0.3, -0.25) is 0 Å². The van der Waals surface area contributed by atoms with Crippen molar-refractivity contribution < 1.29 is 0 Å². The Kier molecular flexibility index (Phi) is 3.00. The van der Waals surface area contributed by atoms with Gasteiger partial charge in [0.2, 0.25) is 6.71 Å². The van der Waals surface area contributed by atoms with Gasteiger partial charge < -0.3 is 4.57 Å². The molecule has 2 aliphatic rings. The van der Waals surface area contributed by atoms with Gasteiger partial charge >= 0.3 is 0 Å². The molecule has 144 valence electrons. The monoisotopic (exact) mass is 394 g/mol. The molecule has 7 rings (SSSR count). The van der Waals surface area contributed by atoms with Crippen molar-refractivity contribution >= 4 is 44.9 Å². The molecule has 3 heterocycles. The standard InChI is InChI=1S/C28H19BN2/c1-28(2)20-9-4-5-11-22(20)29-25-17(16-30)14-15-19-18-8-3-6-12-23(18)31(27(19)25)24-13-7-10-21(28)26(24)29/h3-15H,1-2H3. The molecule has 0 saturated heterocycles. The van der Waals surface area contributed by atoms with Gasteiger partial charge in [-0.15, -0.1) is 0 Å². The van der Waals surface area contributed by atoms with E-state index in [0.717, 1.165) is 11.0 Å². The molecule has 4 aromatic carbocycles. The Balaban J connectivity index is 1.80. The second-order valence-electron chi connectivity index (χ2n) is 9.27. The molecular weight excluding hydrogens is 375 g/mol. The van der Waals surface area contributed by atoms with Crippen molar-refractivity contribution in [3.05, 3.63) is 95.6 Å². The molecule has 0 atom stereocenters.